The van der Waals surface area contributed by atoms with Crippen LogP contribution >= 0.6 is 0 Å². The summed E-state index contributed by atoms with van der Waals surface area (Å²) in [5.41, 5.74) is 9.65. The second-order valence-corrected chi connectivity index (χ2v) is 16.2. The molecule has 0 aliphatic rings. The van der Waals surface area contributed by atoms with Gasteiger partial charge in [-0.3, -0.25) is 4.57 Å². The lowest BCUT2D eigenvalue weighted by Gasteiger charge is -2.26. The molecular formula is C47H38N4O2. The van der Waals surface area contributed by atoms with E-state index in [1.807, 2.05) is 60.7 Å². The Morgan fingerprint density at radius 1 is 0.453 bits per heavy atom. The summed E-state index contributed by atoms with van der Waals surface area (Å²) < 4.78 is 14.6. The van der Waals surface area contributed by atoms with E-state index in [1.54, 1.807) is 0 Å². The van der Waals surface area contributed by atoms with Crippen molar-refractivity contribution in [2.24, 2.45) is 0 Å². The second kappa shape index (κ2) is 11.1. The number of benzene rings is 6. The van der Waals surface area contributed by atoms with Crippen LogP contribution in [0.2, 0.25) is 0 Å². The average molecular weight is 691 g/mol. The quantitative estimate of drug-likeness (QED) is 0.185. The molecular weight excluding hydrogens is 653 g/mol. The van der Waals surface area contributed by atoms with E-state index in [2.05, 4.69) is 107 Å². The summed E-state index contributed by atoms with van der Waals surface area (Å²) in [5, 5.41) is 6.52. The van der Waals surface area contributed by atoms with Gasteiger partial charge in [0.25, 0.3) is 0 Å². The van der Waals surface area contributed by atoms with Crippen LogP contribution in [0.15, 0.2) is 130 Å². The number of rotatable bonds is 3. The molecule has 6 heteroatoms. The number of aromatic nitrogens is 4. The standard InChI is InChI=1S/C47H38N4O2/c1-46(2,3)29-25-35-30-13-7-10-16-37(30)51(42(35)36(26-29)47(4,5)6)45-49-43(27-19-21-40-33(23-27)31-14-8-11-17-38(31)52-40)48-44(50-45)28-20-22-41-34(24-28)32-15-9-12-18-39(32)53-41/h7-26H,1-6H3. The van der Waals surface area contributed by atoms with Crippen molar-refractivity contribution in [2.75, 3.05) is 0 Å². The molecule has 53 heavy (non-hydrogen) atoms. The molecule has 6 nitrogen and oxygen atoms in total. The Hall–Kier alpha value is -6.27. The maximum absolute atomic E-state index is 6.20. The Morgan fingerprint density at radius 3 is 1.51 bits per heavy atom. The zero-order valence-corrected chi connectivity index (χ0v) is 30.7. The smallest absolute Gasteiger partial charge is 0.238 e. The molecule has 0 radical (unpaired) electrons. The molecule has 0 bridgehead atoms. The third-order valence-corrected chi connectivity index (χ3v) is 10.5. The number of para-hydroxylation sites is 3. The van der Waals surface area contributed by atoms with Gasteiger partial charge in [0.1, 0.15) is 22.3 Å². The van der Waals surface area contributed by atoms with Gasteiger partial charge in [0, 0.05) is 43.4 Å². The van der Waals surface area contributed by atoms with Gasteiger partial charge in [0.2, 0.25) is 5.95 Å². The van der Waals surface area contributed by atoms with Crippen LogP contribution in [0.4, 0.5) is 0 Å². The summed E-state index contributed by atoms with van der Waals surface area (Å²) in [6.07, 6.45) is 0. The molecule has 0 saturated carbocycles. The zero-order valence-electron chi connectivity index (χ0n) is 30.7. The van der Waals surface area contributed by atoms with Gasteiger partial charge < -0.3 is 8.83 Å². The first kappa shape index (κ1) is 31.5. The third-order valence-electron chi connectivity index (χ3n) is 10.5. The van der Waals surface area contributed by atoms with Crippen LogP contribution in [-0.4, -0.2) is 19.5 Å². The minimum atomic E-state index is -0.162. The van der Waals surface area contributed by atoms with Crippen molar-refractivity contribution in [3.63, 3.8) is 0 Å². The van der Waals surface area contributed by atoms with E-state index in [9.17, 15) is 0 Å². The van der Waals surface area contributed by atoms with Crippen LogP contribution < -0.4 is 0 Å². The van der Waals surface area contributed by atoms with E-state index in [-0.39, 0.29) is 10.8 Å². The molecule has 10 rings (SSSR count). The molecule has 0 N–H and O–H groups in total. The van der Waals surface area contributed by atoms with Crippen molar-refractivity contribution in [3.8, 4) is 28.7 Å². The average Bonchev–Trinajstić information content (AvgIpc) is 3.82. The molecule has 0 unspecified atom stereocenters. The fourth-order valence-corrected chi connectivity index (χ4v) is 7.76. The maximum atomic E-state index is 6.20. The van der Waals surface area contributed by atoms with Crippen molar-refractivity contribution < 1.29 is 8.83 Å². The van der Waals surface area contributed by atoms with E-state index in [0.29, 0.717) is 17.6 Å². The summed E-state index contributed by atoms with van der Waals surface area (Å²) >= 11 is 0. The van der Waals surface area contributed by atoms with Crippen molar-refractivity contribution in [3.05, 3.63) is 132 Å². The van der Waals surface area contributed by atoms with Crippen molar-refractivity contribution >= 4 is 65.7 Å². The fourth-order valence-electron chi connectivity index (χ4n) is 7.76. The van der Waals surface area contributed by atoms with Crippen LogP contribution in [0.1, 0.15) is 52.7 Å². The van der Waals surface area contributed by atoms with Gasteiger partial charge in [-0.15, -0.1) is 0 Å². The van der Waals surface area contributed by atoms with Gasteiger partial charge in [-0.2, -0.15) is 9.97 Å². The maximum Gasteiger partial charge on any atom is 0.238 e. The fraction of sp³-hybridized carbons (Fsp3) is 0.170. The summed E-state index contributed by atoms with van der Waals surface area (Å²) in [6.45, 7) is 13.7. The highest BCUT2D eigenvalue weighted by molar-refractivity contribution is 6.11. The van der Waals surface area contributed by atoms with Crippen molar-refractivity contribution in [2.45, 2.75) is 52.4 Å². The molecule has 4 aromatic heterocycles. The summed E-state index contributed by atoms with van der Waals surface area (Å²) in [6, 6.07) is 42.0. The second-order valence-electron chi connectivity index (χ2n) is 16.2. The summed E-state index contributed by atoms with van der Waals surface area (Å²) in [5.74, 6) is 1.74. The van der Waals surface area contributed by atoms with Crippen LogP contribution in [0.3, 0.4) is 0 Å². The Bertz CT molecular complexity index is 2960. The minimum Gasteiger partial charge on any atom is -0.456 e. The van der Waals surface area contributed by atoms with E-state index < -0.39 is 0 Å². The number of hydrogen-bond acceptors (Lipinski definition) is 5. The highest BCUT2D eigenvalue weighted by Gasteiger charge is 2.28. The van der Waals surface area contributed by atoms with Gasteiger partial charge in [-0.05, 0) is 82.6 Å². The van der Waals surface area contributed by atoms with Crippen molar-refractivity contribution in [1.82, 2.24) is 19.5 Å². The first-order chi connectivity index (χ1) is 25.5. The molecule has 0 atom stereocenters. The van der Waals surface area contributed by atoms with Crippen LogP contribution in [0, 0.1) is 0 Å². The number of furan rings is 2. The van der Waals surface area contributed by atoms with Gasteiger partial charge in [0.05, 0.1) is 11.0 Å². The third kappa shape index (κ3) is 4.96. The van der Waals surface area contributed by atoms with E-state index in [0.717, 1.165) is 66.0 Å². The van der Waals surface area contributed by atoms with Gasteiger partial charge in [-0.25, -0.2) is 4.98 Å². The SMILES string of the molecule is CC(C)(C)c1cc(C(C)(C)C)c2c(c1)c1ccccc1n2-c1nc(-c2ccc3oc4ccccc4c3c2)nc(-c2ccc3oc4ccccc4c3c2)n1. The number of fused-ring (bicyclic) bond motifs is 9. The molecule has 258 valence electrons. The minimum absolute atomic E-state index is 0.0310. The Balaban J connectivity index is 1.30. The Morgan fingerprint density at radius 2 is 0.962 bits per heavy atom. The highest BCUT2D eigenvalue weighted by Crippen LogP contribution is 2.42. The molecule has 0 saturated heterocycles. The number of hydrogen-bond donors (Lipinski definition) is 0. The largest absolute Gasteiger partial charge is 0.456 e. The van der Waals surface area contributed by atoms with Crippen LogP contribution in [0.5, 0.6) is 0 Å². The molecule has 0 aliphatic heterocycles. The Kier molecular flexibility index (Phi) is 6.60. The van der Waals surface area contributed by atoms with Crippen LogP contribution in [-0.2, 0) is 10.8 Å². The summed E-state index contributed by atoms with van der Waals surface area (Å²) in [4.78, 5) is 15.9. The normalized spacial score (nSPS) is 12.7. The van der Waals surface area contributed by atoms with Crippen LogP contribution in [0.25, 0.3) is 94.4 Å². The first-order valence-electron chi connectivity index (χ1n) is 18.2. The van der Waals surface area contributed by atoms with Gasteiger partial charge in [0.15, 0.2) is 11.6 Å². The van der Waals surface area contributed by atoms with E-state index in [4.69, 9.17) is 23.8 Å². The Labute approximate surface area is 306 Å². The molecule has 4 heterocycles. The molecule has 0 aliphatic carbocycles. The molecule has 0 amide bonds. The molecule has 10 aromatic rings. The van der Waals surface area contributed by atoms with E-state index in [1.165, 1.54) is 21.9 Å². The predicted octanol–water partition coefficient (Wildman–Crippen LogP) is 12.7. The van der Waals surface area contributed by atoms with Gasteiger partial charge >= 0.3 is 0 Å². The molecule has 0 spiro atoms. The lowest BCUT2D eigenvalue weighted by molar-refractivity contribution is 0.572. The van der Waals surface area contributed by atoms with Gasteiger partial charge in [-0.1, -0.05) is 102 Å². The zero-order chi connectivity index (χ0) is 36.2. The predicted molar refractivity (Wildman–Crippen MR) is 217 cm³/mol. The molecule has 6 aromatic carbocycles. The molecule has 0 fully saturated rings. The monoisotopic (exact) mass is 690 g/mol. The lowest BCUT2D eigenvalue weighted by Crippen LogP contribution is -2.18. The number of nitrogens with zero attached hydrogens (tertiary/aromatic N) is 4. The first-order valence-corrected chi connectivity index (χ1v) is 18.2. The highest BCUT2D eigenvalue weighted by atomic mass is 16.3. The van der Waals surface area contributed by atoms with Crippen molar-refractivity contribution in [1.29, 1.82) is 0 Å². The lowest BCUT2D eigenvalue weighted by atomic mass is 9.79. The summed E-state index contributed by atoms with van der Waals surface area (Å²) in [7, 11) is 0. The van der Waals surface area contributed by atoms with E-state index >= 15 is 0 Å². The topological polar surface area (TPSA) is 69.9 Å².